The van der Waals surface area contributed by atoms with E-state index >= 15 is 0 Å². The van der Waals surface area contributed by atoms with Gasteiger partial charge in [0.2, 0.25) is 11.8 Å². The van der Waals surface area contributed by atoms with Crippen molar-refractivity contribution in [2.45, 2.75) is 109 Å². The quantitative estimate of drug-likeness (QED) is 0.130. The van der Waals surface area contributed by atoms with E-state index in [0.29, 0.717) is 40.2 Å². The molecule has 2 aromatic heterocycles. The Kier molecular flexibility index (Phi) is 11.6. The molecule has 3 aromatic rings. The van der Waals surface area contributed by atoms with E-state index in [1.165, 1.54) is 23.3 Å². The fraction of sp³-hybridized carbons (Fsp3) is 0.550. The first kappa shape index (κ1) is 39.8. The highest BCUT2D eigenvalue weighted by atomic mass is 32.1. The summed E-state index contributed by atoms with van der Waals surface area (Å²) in [7, 11) is 2.86. The molecule has 296 valence electrons. The lowest BCUT2D eigenvalue weighted by Crippen LogP contribution is -2.60. The third kappa shape index (κ3) is 8.66. The molecule has 5 atom stereocenters. The number of methoxy groups -OCH3 is 2. The van der Waals surface area contributed by atoms with Gasteiger partial charge in [-0.3, -0.25) is 9.59 Å². The number of amides is 4. The summed E-state index contributed by atoms with van der Waals surface area (Å²) >= 11 is 1.47. The number of rotatable bonds is 13. The number of aromatic nitrogens is 2. The molecule has 0 spiro atoms. The summed E-state index contributed by atoms with van der Waals surface area (Å²) < 4.78 is 17.3. The van der Waals surface area contributed by atoms with E-state index in [0.717, 1.165) is 30.8 Å². The number of hydrogen-bond acceptors (Lipinski definition) is 11. The molecule has 2 aliphatic carbocycles. The van der Waals surface area contributed by atoms with Gasteiger partial charge in [-0.05, 0) is 50.7 Å². The number of thiazole rings is 1. The van der Waals surface area contributed by atoms with Crippen molar-refractivity contribution in [3.8, 4) is 22.9 Å². The van der Waals surface area contributed by atoms with Gasteiger partial charge in [-0.25, -0.2) is 19.6 Å². The number of carbonyl (C=O) groups excluding carboxylic acids is 4. The van der Waals surface area contributed by atoms with Gasteiger partial charge in [-0.1, -0.05) is 39.7 Å². The third-order valence-electron chi connectivity index (χ3n) is 10.6. The second-order valence-electron chi connectivity index (χ2n) is 16.1. The summed E-state index contributed by atoms with van der Waals surface area (Å²) in [4.78, 5) is 66.3. The predicted octanol–water partition coefficient (Wildman–Crippen LogP) is 5.43. The van der Waals surface area contributed by atoms with Gasteiger partial charge in [-0.15, -0.1) is 17.9 Å². The van der Waals surface area contributed by atoms with Crippen molar-refractivity contribution in [3.05, 3.63) is 42.3 Å². The summed E-state index contributed by atoms with van der Waals surface area (Å²) in [6.07, 6.45) is 5.29. The van der Waals surface area contributed by atoms with E-state index in [9.17, 15) is 19.2 Å². The number of carbonyl (C=O) groups is 4. The zero-order valence-corrected chi connectivity index (χ0v) is 33.5. The predicted molar refractivity (Wildman–Crippen MR) is 211 cm³/mol. The first-order valence-electron chi connectivity index (χ1n) is 18.9. The first-order valence-corrected chi connectivity index (χ1v) is 19.8. The van der Waals surface area contributed by atoms with Crippen LogP contribution < -0.4 is 30.7 Å². The molecule has 1 aliphatic heterocycles. The standard InChI is InChI=1S/C40H53N7O7S/c1-9-23-19-40(23,36(50)53-8)46-34(48)31-17-26(20-47(31)35(49)33(39(4,5)6)45-37(51)42-24-12-10-11-13-24)54-32-18-29(30-21-55-38(44-30)41-22(2)3)43-28-16-25(52-7)14-15-27(28)32/h9,14-16,18,21-24,26,31,33H,1,10-13,17,19-20H2,2-8H3,(H,41,44)(H,46,48)(H2,42,45,51)/t23-,26-,31+,33-,40-/m1/s1. The van der Waals surface area contributed by atoms with Crippen molar-refractivity contribution >= 4 is 51.2 Å². The number of ether oxygens (including phenoxy) is 3. The van der Waals surface area contributed by atoms with Crippen LogP contribution in [0.25, 0.3) is 22.3 Å². The fourth-order valence-corrected chi connectivity index (χ4v) is 8.37. The summed E-state index contributed by atoms with van der Waals surface area (Å²) in [5, 5.41) is 15.6. The van der Waals surface area contributed by atoms with E-state index in [1.54, 1.807) is 13.2 Å². The van der Waals surface area contributed by atoms with Gasteiger partial charge in [0.05, 0.1) is 32.0 Å². The topological polar surface area (TPSA) is 173 Å². The van der Waals surface area contributed by atoms with Crippen molar-refractivity contribution in [2.75, 3.05) is 26.1 Å². The van der Waals surface area contributed by atoms with Gasteiger partial charge < -0.3 is 40.4 Å². The van der Waals surface area contributed by atoms with E-state index in [1.807, 2.05) is 64.3 Å². The maximum absolute atomic E-state index is 14.7. The molecule has 3 heterocycles. The number of likely N-dealkylation sites (tertiary alicyclic amines) is 1. The number of esters is 1. The number of nitrogens with zero attached hydrogens (tertiary/aromatic N) is 3. The highest BCUT2D eigenvalue weighted by Crippen LogP contribution is 2.46. The Hall–Kier alpha value is -4.92. The molecule has 4 amide bonds. The number of pyridine rings is 1. The average molecular weight is 776 g/mol. The lowest BCUT2D eigenvalue weighted by Gasteiger charge is -2.35. The van der Waals surface area contributed by atoms with Crippen LogP contribution in [0, 0.1) is 11.3 Å². The summed E-state index contributed by atoms with van der Waals surface area (Å²) in [5.74, 6) is -0.726. The summed E-state index contributed by atoms with van der Waals surface area (Å²) in [6.45, 7) is 13.6. The maximum Gasteiger partial charge on any atom is 0.332 e. The minimum absolute atomic E-state index is 0.0417. The normalized spacial score (nSPS) is 22.9. The van der Waals surface area contributed by atoms with E-state index in [2.05, 4.69) is 27.8 Å². The Morgan fingerprint density at radius 1 is 1.07 bits per heavy atom. The summed E-state index contributed by atoms with van der Waals surface area (Å²) in [6, 6.07) is 5.14. The molecule has 3 aliphatic rings. The molecule has 14 nitrogen and oxygen atoms in total. The summed E-state index contributed by atoms with van der Waals surface area (Å²) in [5.41, 5.74) is -0.122. The smallest absolute Gasteiger partial charge is 0.332 e. The van der Waals surface area contributed by atoms with Crippen LogP contribution in [-0.2, 0) is 19.1 Å². The van der Waals surface area contributed by atoms with Gasteiger partial charge in [0.15, 0.2) is 5.13 Å². The van der Waals surface area contributed by atoms with E-state index < -0.39 is 53.0 Å². The SMILES string of the molecule is C=C[C@@H]1C[C@]1(NC(=O)[C@@H]1C[C@@H](Oc2cc(-c3csc(NC(C)C)n3)nc3cc(OC)ccc23)CN1C(=O)[C@@H](NC(=O)NC1CCCC1)C(C)(C)C)C(=O)OC. The Morgan fingerprint density at radius 2 is 1.82 bits per heavy atom. The number of nitrogens with one attached hydrogen (secondary N) is 4. The highest BCUT2D eigenvalue weighted by molar-refractivity contribution is 7.14. The number of benzene rings is 1. The molecule has 6 rings (SSSR count). The Labute approximate surface area is 326 Å². The molecule has 0 unspecified atom stereocenters. The van der Waals surface area contributed by atoms with Crippen molar-refractivity contribution in [3.63, 3.8) is 0 Å². The van der Waals surface area contributed by atoms with Crippen LogP contribution in [0.3, 0.4) is 0 Å². The van der Waals surface area contributed by atoms with Crippen LogP contribution in [0.1, 0.15) is 73.1 Å². The number of anilines is 1. The molecule has 4 N–H and O–H groups in total. The van der Waals surface area contributed by atoms with Crippen LogP contribution in [0.5, 0.6) is 11.5 Å². The molecule has 1 saturated heterocycles. The molecular weight excluding hydrogens is 723 g/mol. The minimum Gasteiger partial charge on any atom is -0.497 e. The molecule has 1 aromatic carbocycles. The van der Waals surface area contributed by atoms with Crippen molar-refractivity contribution in [2.24, 2.45) is 11.3 Å². The lowest BCUT2D eigenvalue weighted by atomic mass is 9.85. The van der Waals surface area contributed by atoms with Gasteiger partial charge in [0.25, 0.3) is 0 Å². The number of hydrogen-bond donors (Lipinski definition) is 4. The lowest BCUT2D eigenvalue weighted by molar-refractivity contribution is -0.148. The van der Waals surface area contributed by atoms with E-state index in [-0.39, 0.29) is 31.0 Å². The van der Waals surface area contributed by atoms with Crippen LogP contribution in [0.15, 0.2) is 42.3 Å². The largest absolute Gasteiger partial charge is 0.497 e. The van der Waals surface area contributed by atoms with Crippen LogP contribution >= 0.6 is 11.3 Å². The second kappa shape index (κ2) is 16.0. The monoisotopic (exact) mass is 775 g/mol. The average Bonchev–Trinajstić information content (AvgIpc) is 3.56. The van der Waals surface area contributed by atoms with Gasteiger partial charge in [0.1, 0.15) is 40.9 Å². The van der Waals surface area contributed by atoms with Gasteiger partial charge in [0, 0.05) is 47.3 Å². The number of fused-ring (bicyclic) bond motifs is 1. The molecule has 55 heavy (non-hydrogen) atoms. The molecule has 0 radical (unpaired) electrons. The molecular formula is C40H53N7O7S. The molecule has 2 saturated carbocycles. The Bertz CT molecular complexity index is 1940. The van der Waals surface area contributed by atoms with Crippen molar-refractivity contribution in [1.29, 1.82) is 0 Å². The van der Waals surface area contributed by atoms with Crippen LogP contribution in [0.2, 0.25) is 0 Å². The van der Waals surface area contributed by atoms with Crippen molar-refractivity contribution < 1.29 is 33.4 Å². The maximum atomic E-state index is 14.7. The second-order valence-corrected chi connectivity index (χ2v) is 17.0. The zero-order valence-electron chi connectivity index (χ0n) is 32.7. The van der Waals surface area contributed by atoms with E-state index in [4.69, 9.17) is 24.2 Å². The Morgan fingerprint density at radius 3 is 2.45 bits per heavy atom. The van der Waals surface area contributed by atoms with Gasteiger partial charge >= 0.3 is 12.0 Å². The Balaban J connectivity index is 1.33. The highest BCUT2D eigenvalue weighted by Gasteiger charge is 2.62. The molecule has 15 heteroatoms. The minimum atomic E-state index is -1.27. The van der Waals surface area contributed by atoms with Crippen LogP contribution in [0.4, 0.5) is 9.93 Å². The first-order chi connectivity index (χ1) is 26.1. The molecule has 3 fully saturated rings. The third-order valence-corrected chi connectivity index (χ3v) is 11.3. The molecule has 0 bridgehead atoms. The van der Waals surface area contributed by atoms with Crippen molar-refractivity contribution in [1.82, 2.24) is 30.8 Å². The van der Waals surface area contributed by atoms with Crippen LogP contribution in [-0.4, -0.2) is 95.3 Å². The zero-order chi connectivity index (χ0) is 39.7. The van der Waals surface area contributed by atoms with Gasteiger partial charge in [-0.2, -0.15) is 0 Å². The fourth-order valence-electron chi connectivity index (χ4n) is 7.52. The number of urea groups is 1.